The average Bonchev–Trinajstić information content (AvgIpc) is 2.95. The maximum Gasteiger partial charge on any atom is 0.243 e. The van der Waals surface area contributed by atoms with Crippen LogP contribution in [0.3, 0.4) is 0 Å². The molecule has 7 heteroatoms. The van der Waals surface area contributed by atoms with Crippen LogP contribution in [0.4, 0.5) is 9.52 Å². The first-order valence-electron chi connectivity index (χ1n) is 7.24. The third-order valence-corrected chi connectivity index (χ3v) is 4.44. The van der Waals surface area contributed by atoms with E-state index in [1.54, 1.807) is 37.3 Å². The Balaban J connectivity index is 1.74. The van der Waals surface area contributed by atoms with Crippen LogP contribution >= 0.6 is 22.9 Å². The average molecular weight is 365 g/mol. The Labute approximate surface area is 147 Å². The van der Waals surface area contributed by atoms with Crippen molar-refractivity contribution in [3.05, 3.63) is 53.8 Å². The monoisotopic (exact) mass is 364 g/mol. The lowest BCUT2D eigenvalue weighted by molar-refractivity contribution is -0.115. The highest BCUT2D eigenvalue weighted by Crippen LogP contribution is 2.29. The van der Waals surface area contributed by atoms with Crippen molar-refractivity contribution in [1.29, 1.82) is 0 Å². The van der Waals surface area contributed by atoms with Crippen molar-refractivity contribution in [2.24, 2.45) is 0 Å². The Morgan fingerprint density at radius 2 is 2.17 bits per heavy atom. The van der Waals surface area contributed by atoms with Gasteiger partial charge >= 0.3 is 0 Å². The third-order valence-electron chi connectivity index (χ3n) is 3.30. The fraction of sp³-hybridized carbons (Fsp3) is 0.176. The molecule has 1 heterocycles. The Bertz CT molecular complexity index is 882. The number of benzene rings is 2. The summed E-state index contributed by atoms with van der Waals surface area (Å²) in [5, 5.41) is 2.51. The number of aromatic nitrogens is 1. The number of halogens is 2. The molecule has 2 aromatic carbocycles. The van der Waals surface area contributed by atoms with Gasteiger partial charge in [0.1, 0.15) is 23.6 Å². The van der Waals surface area contributed by atoms with E-state index in [2.05, 4.69) is 10.3 Å². The molecule has 0 unspecified atom stereocenters. The van der Waals surface area contributed by atoms with Gasteiger partial charge in [-0.05, 0) is 31.2 Å². The second kappa shape index (κ2) is 7.15. The summed E-state index contributed by atoms with van der Waals surface area (Å²) in [5.41, 5.74) is 1.24. The van der Waals surface area contributed by atoms with Gasteiger partial charge < -0.3 is 10.1 Å². The molecular weight excluding hydrogens is 351 g/mol. The van der Waals surface area contributed by atoms with Gasteiger partial charge in [-0.3, -0.25) is 4.79 Å². The number of amides is 1. The van der Waals surface area contributed by atoms with Crippen LogP contribution in [-0.4, -0.2) is 16.3 Å². The second-order valence-corrected chi connectivity index (χ2v) is 6.82. The van der Waals surface area contributed by atoms with E-state index >= 15 is 0 Å². The predicted molar refractivity (Wildman–Crippen MR) is 94.3 cm³/mol. The molecule has 0 saturated heterocycles. The van der Waals surface area contributed by atoms with Gasteiger partial charge in [-0.15, -0.1) is 11.6 Å². The molecule has 0 fully saturated rings. The van der Waals surface area contributed by atoms with E-state index in [1.807, 2.05) is 6.07 Å². The number of anilines is 1. The van der Waals surface area contributed by atoms with Crippen LogP contribution in [0.15, 0.2) is 42.5 Å². The highest BCUT2D eigenvalue weighted by Gasteiger charge is 2.12. The molecular formula is C17H14ClFN2O2S. The van der Waals surface area contributed by atoms with Crippen molar-refractivity contribution in [3.63, 3.8) is 0 Å². The lowest BCUT2D eigenvalue weighted by Gasteiger charge is -2.06. The molecule has 0 aliphatic rings. The van der Waals surface area contributed by atoms with Crippen molar-refractivity contribution in [1.82, 2.24) is 4.98 Å². The Hall–Kier alpha value is -2.18. The Morgan fingerprint density at radius 3 is 2.92 bits per heavy atom. The smallest absolute Gasteiger partial charge is 0.243 e. The molecule has 1 N–H and O–H groups in total. The molecule has 3 aromatic rings. The molecule has 1 atom stereocenters. The van der Waals surface area contributed by atoms with E-state index < -0.39 is 5.38 Å². The molecule has 1 amide bonds. The molecule has 0 bridgehead atoms. The van der Waals surface area contributed by atoms with E-state index in [0.29, 0.717) is 16.4 Å². The Morgan fingerprint density at radius 1 is 1.38 bits per heavy atom. The number of thiazole rings is 1. The number of hydrogen-bond donors (Lipinski definition) is 1. The minimum absolute atomic E-state index is 0.143. The largest absolute Gasteiger partial charge is 0.489 e. The zero-order valence-corrected chi connectivity index (χ0v) is 14.3. The normalized spacial score (nSPS) is 12.1. The molecule has 1 aromatic heterocycles. The summed E-state index contributed by atoms with van der Waals surface area (Å²) in [6.45, 7) is 1.74. The molecule has 0 aliphatic carbocycles. The van der Waals surface area contributed by atoms with Crippen molar-refractivity contribution in [2.45, 2.75) is 18.9 Å². The number of fused-ring (bicyclic) bond motifs is 1. The number of rotatable bonds is 5. The summed E-state index contributed by atoms with van der Waals surface area (Å²) >= 11 is 7.05. The standard InChI is InChI=1S/C17H14ClFN2O2S/c1-10(18)16(22)21-17-20-14-7-6-12(8-15(14)24-17)23-9-11-4-2-3-5-13(11)19/h2-8,10H,9H2,1H3,(H,20,21,22)/t10-/m0/s1. The van der Waals surface area contributed by atoms with Gasteiger partial charge in [-0.2, -0.15) is 0 Å². The summed E-state index contributed by atoms with van der Waals surface area (Å²) < 4.78 is 20.1. The second-order valence-electron chi connectivity index (χ2n) is 5.13. The van der Waals surface area contributed by atoms with Crippen LogP contribution in [0.2, 0.25) is 0 Å². The number of nitrogens with zero attached hydrogens (tertiary/aromatic N) is 1. The summed E-state index contributed by atoms with van der Waals surface area (Å²) in [4.78, 5) is 15.9. The van der Waals surface area contributed by atoms with E-state index in [1.165, 1.54) is 17.4 Å². The minimum Gasteiger partial charge on any atom is -0.489 e. The van der Waals surface area contributed by atoms with Crippen LogP contribution in [0, 0.1) is 5.82 Å². The van der Waals surface area contributed by atoms with Crippen LogP contribution in [-0.2, 0) is 11.4 Å². The van der Waals surface area contributed by atoms with Crippen molar-refractivity contribution in [2.75, 3.05) is 5.32 Å². The number of nitrogens with one attached hydrogen (secondary N) is 1. The summed E-state index contributed by atoms with van der Waals surface area (Å²) in [5.74, 6) is 0.0151. The number of ether oxygens (including phenoxy) is 1. The minimum atomic E-state index is -0.628. The SMILES string of the molecule is C[C@H](Cl)C(=O)Nc1nc2ccc(OCc3ccccc3F)cc2s1. The maximum atomic E-state index is 13.6. The first kappa shape index (κ1) is 16.7. The first-order chi connectivity index (χ1) is 11.5. The highest BCUT2D eigenvalue weighted by molar-refractivity contribution is 7.22. The van der Waals surface area contributed by atoms with Gasteiger partial charge in [0, 0.05) is 5.56 Å². The van der Waals surface area contributed by atoms with E-state index in [-0.39, 0.29) is 18.3 Å². The maximum absolute atomic E-state index is 13.6. The fourth-order valence-electron chi connectivity index (χ4n) is 2.03. The highest BCUT2D eigenvalue weighted by atomic mass is 35.5. The van der Waals surface area contributed by atoms with Gasteiger partial charge in [-0.25, -0.2) is 9.37 Å². The van der Waals surface area contributed by atoms with Crippen molar-refractivity contribution >= 4 is 44.2 Å². The summed E-state index contributed by atoms with van der Waals surface area (Å²) in [7, 11) is 0. The molecule has 0 radical (unpaired) electrons. The number of alkyl halides is 1. The zero-order chi connectivity index (χ0) is 17.1. The lowest BCUT2D eigenvalue weighted by atomic mass is 10.2. The van der Waals surface area contributed by atoms with Gasteiger partial charge in [-0.1, -0.05) is 29.5 Å². The third kappa shape index (κ3) is 3.83. The molecule has 3 rings (SSSR count). The molecule has 4 nitrogen and oxygen atoms in total. The van der Waals surface area contributed by atoms with Crippen LogP contribution in [0.1, 0.15) is 12.5 Å². The van der Waals surface area contributed by atoms with Crippen molar-refractivity contribution < 1.29 is 13.9 Å². The number of carbonyl (C=O) groups is 1. The quantitative estimate of drug-likeness (QED) is 0.674. The number of carbonyl (C=O) groups excluding carboxylic acids is 1. The molecule has 0 saturated carbocycles. The van der Waals surface area contributed by atoms with Gasteiger partial charge in [0.05, 0.1) is 10.2 Å². The van der Waals surface area contributed by atoms with Gasteiger partial charge in [0.15, 0.2) is 5.13 Å². The van der Waals surface area contributed by atoms with Crippen molar-refractivity contribution in [3.8, 4) is 5.75 Å². The van der Waals surface area contributed by atoms with E-state index in [0.717, 1.165) is 10.2 Å². The molecule has 124 valence electrons. The first-order valence-corrected chi connectivity index (χ1v) is 8.50. The van der Waals surface area contributed by atoms with Crippen LogP contribution in [0.5, 0.6) is 5.75 Å². The van der Waals surface area contributed by atoms with Gasteiger partial charge in [0.25, 0.3) is 0 Å². The molecule has 0 aliphatic heterocycles. The summed E-state index contributed by atoms with van der Waals surface area (Å²) in [6.07, 6.45) is 0. The zero-order valence-electron chi connectivity index (χ0n) is 12.8. The molecule has 0 spiro atoms. The lowest BCUT2D eigenvalue weighted by Crippen LogP contribution is -2.19. The molecule has 24 heavy (non-hydrogen) atoms. The van der Waals surface area contributed by atoms with E-state index in [9.17, 15) is 9.18 Å². The Kier molecular flexibility index (Phi) is 4.97. The number of hydrogen-bond acceptors (Lipinski definition) is 4. The summed E-state index contributed by atoms with van der Waals surface area (Å²) in [6, 6.07) is 11.9. The van der Waals surface area contributed by atoms with Crippen LogP contribution < -0.4 is 10.1 Å². The van der Waals surface area contributed by atoms with E-state index in [4.69, 9.17) is 16.3 Å². The topological polar surface area (TPSA) is 51.2 Å². The van der Waals surface area contributed by atoms with Gasteiger partial charge in [0.2, 0.25) is 5.91 Å². The predicted octanol–water partition coefficient (Wildman–Crippen LogP) is 4.58. The van der Waals surface area contributed by atoms with Crippen LogP contribution in [0.25, 0.3) is 10.2 Å². The fourth-order valence-corrected chi connectivity index (χ4v) is 2.98.